The quantitative estimate of drug-likeness (QED) is 0.930. The van der Waals surface area contributed by atoms with Crippen molar-refractivity contribution in [2.24, 2.45) is 0 Å². The smallest absolute Gasteiger partial charge is 0.244 e. The summed E-state index contributed by atoms with van der Waals surface area (Å²) < 4.78 is 0. The number of nitrogens with one attached hydrogen (secondary N) is 1. The number of halogens is 1. The lowest BCUT2D eigenvalue weighted by molar-refractivity contribution is -0.121. The molecule has 1 heterocycles. The van der Waals surface area contributed by atoms with Gasteiger partial charge in [-0.05, 0) is 43.9 Å². The highest BCUT2D eigenvalue weighted by Crippen LogP contribution is 2.30. The minimum absolute atomic E-state index is 0.0924. The second-order valence-electron chi connectivity index (χ2n) is 5.40. The zero-order valence-electron chi connectivity index (χ0n) is 11.1. The molecule has 0 radical (unpaired) electrons. The third-order valence-corrected chi connectivity index (χ3v) is 4.12. The van der Waals surface area contributed by atoms with Crippen LogP contribution in [0.2, 0.25) is 5.02 Å². The lowest BCUT2D eigenvalue weighted by atomic mass is 10.0. The molecule has 4 nitrogen and oxygen atoms in total. The van der Waals surface area contributed by atoms with Gasteiger partial charge in [0.05, 0.1) is 28.4 Å². The van der Waals surface area contributed by atoms with E-state index in [1.165, 1.54) is 12.8 Å². The lowest BCUT2D eigenvalue weighted by Gasteiger charge is -2.33. The van der Waals surface area contributed by atoms with Gasteiger partial charge in [-0.25, -0.2) is 0 Å². The van der Waals surface area contributed by atoms with Crippen LogP contribution in [0.3, 0.4) is 0 Å². The third kappa shape index (κ3) is 2.65. The summed E-state index contributed by atoms with van der Waals surface area (Å²) in [6.07, 6.45) is 4.19. The van der Waals surface area contributed by atoms with Crippen molar-refractivity contribution < 1.29 is 4.79 Å². The zero-order chi connectivity index (χ0) is 14.1. The Bertz CT molecular complexity index is 577. The molecule has 5 heteroatoms. The Morgan fingerprint density at radius 1 is 1.35 bits per heavy atom. The van der Waals surface area contributed by atoms with E-state index in [4.69, 9.17) is 16.9 Å². The van der Waals surface area contributed by atoms with Crippen LogP contribution in [0.1, 0.15) is 31.2 Å². The van der Waals surface area contributed by atoms with Crippen LogP contribution in [0.4, 0.5) is 5.69 Å². The van der Waals surface area contributed by atoms with Crippen molar-refractivity contribution in [2.75, 3.05) is 11.4 Å². The Morgan fingerprint density at radius 2 is 2.15 bits per heavy atom. The van der Waals surface area contributed by atoms with E-state index >= 15 is 0 Å². The Morgan fingerprint density at radius 3 is 2.80 bits per heavy atom. The van der Waals surface area contributed by atoms with Crippen molar-refractivity contribution in [2.45, 2.75) is 37.8 Å². The predicted octanol–water partition coefficient (Wildman–Crippen LogP) is 2.46. The second-order valence-corrected chi connectivity index (χ2v) is 5.81. The molecule has 1 unspecified atom stereocenters. The van der Waals surface area contributed by atoms with Gasteiger partial charge in [-0.3, -0.25) is 4.79 Å². The lowest BCUT2D eigenvalue weighted by Crippen LogP contribution is -2.51. The van der Waals surface area contributed by atoms with Gasteiger partial charge < -0.3 is 10.2 Å². The Hall–Kier alpha value is -1.57. The van der Waals surface area contributed by atoms with Crippen molar-refractivity contribution in [3.63, 3.8) is 0 Å². The summed E-state index contributed by atoms with van der Waals surface area (Å²) in [5.41, 5.74) is 1.22. The van der Waals surface area contributed by atoms with E-state index in [0.29, 0.717) is 28.9 Å². The molecule has 20 heavy (non-hydrogen) atoms. The summed E-state index contributed by atoms with van der Waals surface area (Å²) in [6, 6.07) is 7.55. The van der Waals surface area contributed by atoms with Gasteiger partial charge in [-0.1, -0.05) is 11.6 Å². The van der Waals surface area contributed by atoms with Gasteiger partial charge in [-0.15, -0.1) is 0 Å². The van der Waals surface area contributed by atoms with E-state index in [1.807, 2.05) is 0 Å². The molecule has 2 aliphatic rings. The van der Waals surface area contributed by atoms with E-state index < -0.39 is 0 Å². The number of nitriles is 1. The number of anilines is 1. The molecule has 1 aromatic rings. The van der Waals surface area contributed by atoms with E-state index in [1.54, 1.807) is 23.1 Å². The van der Waals surface area contributed by atoms with Crippen molar-refractivity contribution in [1.29, 1.82) is 5.26 Å². The predicted molar refractivity (Wildman–Crippen MR) is 77.7 cm³/mol. The van der Waals surface area contributed by atoms with Crippen LogP contribution >= 0.6 is 11.6 Å². The van der Waals surface area contributed by atoms with Gasteiger partial charge in [0.15, 0.2) is 0 Å². The summed E-state index contributed by atoms with van der Waals surface area (Å²) >= 11 is 6.21. The van der Waals surface area contributed by atoms with Crippen LogP contribution in [0.15, 0.2) is 18.2 Å². The number of carbonyl (C=O) groups is 1. The normalized spacial score (nSPS) is 22.7. The summed E-state index contributed by atoms with van der Waals surface area (Å²) in [7, 11) is 0. The molecule has 1 aliphatic carbocycles. The Balaban J connectivity index is 1.81. The average Bonchev–Trinajstić information content (AvgIpc) is 3.25. The van der Waals surface area contributed by atoms with Crippen molar-refractivity contribution in [3.8, 4) is 6.07 Å². The van der Waals surface area contributed by atoms with Crippen LogP contribution in [-0.4, -0.2) is 24.5 Å². The first-order chi connectivity index (χ1) is 9.69. The van der Waals surface area contributed by atoms with Gasteiger partial charge in [0.2, 0.25) is 5.91 Å². The number of amides is 1. The summed E-state index contributed by atoms with van der Waals surface area (Å²) in [5, 5.41) is 12.7. The van der Waals surface area contributed by atoms with E-state index in [-0.39, 0.29) is 11.9 Å². The van der Waals surface area contributed by atoms with Crippen molar-refractivity contribution in [3.05, 3.63) is 28.8 Å². The minimum atomic E-state index is -0.0945. The van der Waals surface area contributed by atoms with Gasteiger partial charge in [-0.2, -0.15) is 5.26 Å². The molecule has 0 bridgehead atoms. The molecule has 1 saturated carbocycles. The number of nitrogens with zero attached hydrogens (tertiary/aromatic N) is 2. The molecule has 1 atom stereocenters. The molecule has 0 spiro atoms. The van der Waals surface area contributed by atoms with Gasteiger partial charge in [0, 0.05) is 12.6 Å². The topological polar surface area (TPSA) is 56.1 Å². The minimum Gasteiger partial charge on any atom is -0.310 e. The van der Waals surface area contributed by atoms with Crippen LogP contribution in [0, 0.1) is 11.3 Å². The Labute approximate surface area is 123 Å². The first-order valence-corrected chi connectivity index (χ1v) is 7.34. The molecule has 1 amide bonds. The molecule has 0 aromatic heterocycles. The number of piperidine rings is 1. The second kappa shape index (κ2) is 5.43. The molecule has 104 valence electrons. The fourth-order valence-electron chi connectivity index (χ4n) is 2.60. The highest BCUT2D eigenvalue weighted by Gasteiger charge is 2.34. The van der Waals surface area contributed by atoms with Gasteiger partial charge >= 0.3 is 0 Å². The SMILES string of the molecule is N#Cc1ccc(N2CCCC(NC3CC3)C2=O)c(Cl)c1. The van der Waals surface area contributed by atoms with Crippen LogP contribution in [0.5, 0.6) is 0 Å². The Kier molecular flexibility index (Phi) is 3.64. The molecular weight excluding hydrogens is 274 g/mol. The van der Waals surface area contributed by atoms with E-state index in [9.17, 15) is 4.79 Å². The molecular formula is C15H16ClN3O. The number of hydrogen-bond donors (Lipinski definition) is 1. The fraction of sp³-hybridized carbons (Fsp3) is 0.467. The number of rotatable bonds is 3. The standard InChI is InChI=1S/C15H16ClN3O/c16-12-8-10(9-17)3-6-14(12)19-7-1-2-13(15(19)20)18-11-4-5-11/h3,6,8,11,13,18H,1-2,4-5,7H2. The fourth-order valence-corrected chi connectivity index (χ4v) is 2.88. The number of carbonyl (C=O) groups excluding carboxylic acids is 1. The van der Waals surface area contributed by atoms with Crippen molar-refractivity contribution in [1.82, 2.24) is 5.32 Å². The van der Waals surface area contributed by atoms with E-state index in [2.05, 4.69) is 11.4 Å². The molecule has 3 rings (SSSR count). The molecule has 1 N–H and O–H groups in total. The zero-order valence-corrected chi connectivity index (χ0v) is 11.9. The van der Waals surface area contributed by atoms with E-state index in [0.717, 1.165) is 12.8 Å². The highest BCUT2D eigenvalue weighted by molar-refractivity contribution is 6.34. The molecule has 1 saturated heterocycles. The maximum absolute atomic E-state index is 12.5. The number of hydrogen-bond acceptors (Lipinski definition) is 3. The van der Waals surface area contributed by atoms with Gasteiger partial charge in [0.1, 0.15) is 0 Å². The van der Waals surface area contributed by atoms with Crippen LogP contribution in [0.25, 0.3) is 0 Å². The van der Waals surface area contributed by atoms with Crippen LogP contribution < -0.4 is 10.2 Å². The maximum atomic E-state index is 12.5. The monoisotopic (exact) mass is 289 g/mol. The summed E-state index contributed by atoms with van der Waals surface area (Å²) in [4.78, 5) is 14.3. The van der Waals surface area contributed by atoms with Crippen molar-refractivity contribution >= 4 is 23.2 Å². The molecule has 1 aliphatic heterocycles. The third-order valence-electron chi connectivity index (χ3n) is 3.82. The largest absolute Gasteiger partial charge is 0.310 e. The highest BCUT2D eigenvalue weighted by atomic mass is 35.5. The maximum Gasteiger partial charge on any atom is 0.244 e. The van der Waals surface area contributed by atoms with Gasteiger partial charge in [0.25, 0.3) is 0 Å². The molecule has 2 fully saturated rings. The molecule has 1 aromatic carbocycles. The first kappa shape index (κ1) is 13.4. The van der Waals surface area contributed by atoms with Crippen LogP contribution in [-0.2, 0) is 4.79 Å². The average molecular weight is 290 g/mol. The first-order valence-electron chi connectivity index (χ1n) is 6.96. The number of benzene rings is 1. The summed E-state index contributed by atoms with van der Waals surface area (Å²) in [6.45, 7) is 0.688. The summed E-state index contributed by atoms with van der Waals surface area (Å²) in [5.74, 6) is 0.0924.